The van der Waals surface area contributed by atoms with Crippen LogP contribution in [0.2, 0.25) is 0 Å². The molecule has 1 atom stereocenters. The van der Waals surface area contributed by atoms with Crippen LogP contribution >= 0.6 is 24.0 Å². The topological polar surface area (TPSA) is 53.9 Å². The summed E-state index contributed by atoms with van der Waals surface area (Å²) in [5.74, 6) is 0.806. The Balaban J connectivity index is 0.00000484. The molecule has 0 radical (unpaired) electrons. The summed E-state index contributed by atoms with van der Waals surface area (Å²) in [7, 11) is 1.81. The molecule has 0 aromatic rings. The lowest BCUT2D eigenvalue weighted by atomic mass is 9.91. The van der Waals surface area contributed by atoms with Crippen molar-refractivity contribution in [2.24, 2.45) is 16.3 Å². The van der Waals surface area contributed by atoms with Crippen LogP contribution in [-0.4, -0.2) is 50.1 Å². The molecule has 1 saturated heterocycles. The summed E-state index contributed by atoms with van der Waals surface area (Å²) < 4.78 is 5.15. The SMILES string of the molecule is CCOC(=O)C1CCCN(C(=NC)NCCCC(C)(C)C)C1.I. The van der Waals surface area contributed by atoms with Crippen LogP contribution in [0.1, 0.15) is 53.4 Å². The maximum Gasteiger partial charge on any atom is 0.310 e. The molecule has 1 fully saturated rings. The van der Waals surface area contributed by atoms with E-state index < -0.39 is 0 Å². The van der Waals surface area contributed by atoms with E-state index in [1.54, 1.807) is 7.05 Å². The number of nitrogens with one attached hydrogen (secondary N) is 1. The molecule has 0 aromatic carbocycles. The van der Waals surface area contributed by atoms with E-state index in [-0.39, 0.29) is 35.9 Å². The Hall–Kier alpha value is -0.530. The molecule has 0 bridgehead atoms. The second kappa shape index (κ2) is 11.1. The lowest BCUT2D eigenvalue weighted by Crippen LogP contribution is -2.48. The van der Waals surface area contributed by atoms with Crippen molar-refractivity contribution >= 4 is 35.9 Å². The third-order valence-electron chi connectivity index (χ3n) is 3.94. The Morgan fingerprint density at radius 3 is 2.65 bits per heavy atom. The van der Waals surface area contributed by atoms with Crippen LogP contribution in [0.3, 0.4) is 0 Å². The minimum absolute atomic E-state index is 0. The number of aliphatic imine (C=N–C) groups is 1. The minimum atomic E-state index is -0.0737. The standard InChI is InChI=1S/C17H33N3O2.HI/c1-6-22-15(21)14-9-7-12-20(13-14)16(18-5)19-11-8-10-17(2,3)4;/h14H,6-13H2,1-5H3,(H,18,19);1H. The molecule has 136 valence electrons. The Kier molecular flexibility index (Phi) is 10.8. The van der Waals surface area contributed by atoms with Gasteiger partial charge in [0.2, 0.25) is 0 Å². The van der Waals surface area contributed by atoms with Gasteiger partial charge in [-0.1, -0.05) is 20.8 Å². The van der Waals surface area contributed by atoms with Crippen molar-refractivity contribution in [3.63, 3.8) is 0 Å². The smallest absolute Gasteiger partial charge is 0.310 e. The number of hydrogen-bond acceptors (Lipinski definition) is 3. The molecule has 1 aliphatic rings. The van der Waals surface area contributed by atoms with Gasteiger partial charge in [-0.3, -0.25) is 9.79 Å². The van der Waals surface area contributed by atoms with Crippen LogP contribution in [0.15, 0.2) is 4.99 Å². The Morgan fingerprint density at radius 2 is 2.09 bits per heavy atom. The van der Waals surface area contributed by atoms with Gasteiger partial charge >= 0.3 is 5.97 Å². The number of carbonyl (C=O) groups is 1. The van der Waals surface area contributed by atoms with Crippen molar-refractivity contribution in [3.05, 3.63) is 0 Å². The third kappa shape index (κ3) is 8.77. The highest BCUT2D eigenvalue weighted by atomic mass is 127. The van der Waals surface area contributed by atoms with Gasteiger partial charge in [0.25, 0.3) is 0 Å². The summed E-state index contributed by atoms with van der Waals surface area (Å²) in [6.45, 7) is 11.7. The van der Waals surface area contributed by atoms with E-state index in [0.29, 0.717) is 18.6 Å². The van der Waals surface area contributed by atoms with Crippen LogP contribution in [0.5, 0.6) is 0 Å². The van der Waals surface area contributed by atoms with Gasteiger partial charge in [-0.25, -0.2) is 0 Å². The lowest BCUT2D eigenvalue weighted by molar-refractivity contribution is -0.149. The van der Waals surface area contributed by atoms with Crippen molar-refractivity contribution in [2.45, 2.75) is 53.4 Å². The number of halogens is 1. The van der Waals surface area contributed by atoms with Gasteiger partial charge in [-0.15, -0.1) is 24.0 Å². The molecule has 0 aliphatic carbocycles. The van der Waals surface area contributed by atoms with E-state index in [2.05, 4.69) is 36.0 Å². The summed E-state index contributed by atoms with van der Waals surface area (Å²) in [4.78, 5) is 18.5. The number of likely N-dealkylation sites (tertiary alicyclic amines) is 1. The molecule has 0 spiro atoms. The largest absolute Gasteiger partial charge is 0.466 e. The second-order valence-corrected chi connectivity index (χ2v) is 7.18. The molecule has 5 nitrogen and oxygen atoms in total. The Labute approximate surface area is 158 Å². The minimum Gasteiger partial charge on any atom is -0.466 e. The van der Waals surface area contributed by atoms with Gasteiger partial charge in [-0.05, 0) is 38.0 Å². The zero-order valence-electron chi connectivity index (χ0n) is 15.4. The first kappa shape index (κ1) is 22.5. The number of esters is 1. The number of rotatable bonds is 5. The number of guanidine groups is 1. The molecule has 0 aromatic heterocycles. The molecule has 1 aliphatic heterocycles. The molecule has 6 heteroatoms. The number of hydrogen-bond donors (Lipinski definition) is 1. The van der Waals surface area contributed by atoms with Gasteiger partial charge in [0.05, 0.1) is 12.5 Å². The van der Waals surface area contributed by atoms with Crippen molar-refractivity contribution in [1.82, 2.24) is 10.2 Å². The van der Waals surface area contributed by atoms with Crippen molar-refractivity contribution < 1.29 is 9.53 Å². The fourth-order valence-corrected chi connectivity index (χ4v) is 2.77. The summed E-state index contributed by atoms with van der Waals surface area (Å²) in [5, 5.41) is 3.43. The average molecular weight is 439 g/mol. The first-order valence-electron chi connectivity index (χ1n) is 8.49. The zero-order chi connectivity index (χ0) is 16.6. The Bertz CT molecular complexity index is 381. The monoisotopic (exact) mass is 439 g/mol. The number of piperidine rings is 1. The fourth-order valence-electron chi connectivity index (χ4n) is 2.77. The summed E-state index contributed by atoms with van der Waals surface area (Å²) in [6, 6.07) is 0. The molecule has 0 saturated carbocycles. The zero-order valence-corrected chi connectivity index (χ0v) is 17.7. The molecule has 1 N–H and O–H groups in total. The second-order valence-electron chi connectivity index (χ2n) is 7.18. The molecular formula is C17H34IN3O2. The van der Waals surface area contributed by atoms with E-state index in [1.807, 2.05) is 6.92 Å². The highest BCUT2D eigenvalue weighted by Gasteiger charge is 2.28. The van der Waals surface area contributed by atoms with E-state index in [4.69, 9.17) is 4.74 Å². The third-order valence-corrected chi connectivity index (χ3v) is 3.94. The molecule has 1 unspecified atom stereocenters. The van der Waals surface area contributed by atoms with Crippen LogP contribution in [0.4, 0.5) is 0 Å². The molecule has 23 heavy (non-hydrogen) atoms. The molecular weight excluding hydrogens is 405 g/mol. The molecule has 1 heterocycles. The van der Waals surface area contributed by atoms with Gasteiger partial charge in [0.1, 0.15) is 0 Å². The fraction of sp³-hybridized carbons (Fsp3) is 0.882. The number of ether oxygens (including phenoxy) is 1. The Morgan fingerprint density at radius 1 is 1.39 bits per heavy atom. The first-order valence-corrected chi connectivity index (χ1v) is 8.49. The quantitative estimate of drug-likeness (QED) is 0.235. The number of nitrogens with zero attached hydrogens (tertiary/aromatic N) is 2. The summed E-state index contributed by atoms with van der Waals surface area (Å²) in [6.07, 6.45) is 4.22. The van der Waals surface area contributed by atoms with Crippen LogP contribution in [-0.2, 0) is 9.53 Å². The van der Waals surface area contributed by atoms with Gasteiger partial charge in [0, 0.05) is 26.7 Å². The normalized spacial score (nSPS) is 19.1. The van der Waals surface area contributed by atoms with Gasteiger partial charge in [0.15, 0.2) is 5.96 Å². The predicted molar refractivity (Wildman–Crippen MR) is 106 cm³/mol. The first-order chi connectivity index (χ1) is 10.4. The lowest BCUT2D eigenvalue weighted by Gasteiger charge is -2.34. The molecule has 1 rings (SSSR count). The summed E-state index contributed by atoms with van der Waals surface area (Å²) in [5.41, 5.74) is 0.366. The van der Waals surface area contributed by atoms with Crippen molar-refractivity contribution in [1.29, 1.82) is 0 Å². The summed E-state index contributed by atoms with van der Waals surface area (Å²) >= 11 is 0. The van der Waals surface area contributed by atoms with Crippen LogP contribution < -0.4 is 5.32 Å². The van der Waals surface area contributed by atoms with Crippen molar-refractivity contribution in [3.8, 4) is 0 Å². The van der Waals surface area contributed by atoms with E-state index >= 15 is 0 Å². The number of carbonyl (C=O) groups excluding carboxylic acids is 1. The highest BCUT2D eigenvalue weighted by Crippen LogP contribution is 2.20. The predicted octanol–water partition coefficient (Wildman–Crippen LogP) is 3.28. The van der Waals surface area contributed by atoms with Gasteiger partial charge in [-0.2, -0.15) is 0 Å². The average Bonchev–Trinajstić information content (AvgIpc) is 2.46. The van der Waals surface area contributed by atoms with E-state index in [9.17, 15) is 4.79 Å². The maximum atomic E-state index is 11.9. The van der Waals surface area contributed by atoms with Gasteiger partial charge < -0.3 is 15.0 Å². The van der Waals surface area contributed by atoms with Crippen molar-refractivity contribution in [2.75, 3.05) is 33.3 Å². The maximum absolute atomic E-state index is 11.9. The van der Waals surface area contributed by atoms with E-state index in [0.717, 1.165) is 38.3 Å². The van der Waals surface area contributed by atoms with Crippen LogP contribution in [0, 0.1) is 11.3 Å². The van der Waals surface area contributed by atoms with E-state index in [1.165, 1.54) is 6.42 Å². The molecule has 0 amide bonds. The van der Waals surface area contributed by atoms with Crippen LogP contribution in [0.25, 0.3) is 0 Å². The highest BCUT2D eigenvalue weighted by molar-refractivity contribution is 14.0.